The summed E-state index contributed by atoms with van der Waals surface area (Å²) in [6.45, 7) is 5.36. The Bertz CT molecular complexity index is 1230. The number of carboxylic acids is 1. The van der Waals surface area contributed by atoms with Gasteiger partial charge in [0.25, 0.3) is 0 Å². The van der Waals surface area contributed by atoms with Crippen molar-refractivity contribution in [2.75, 3.05) is 6.61 Å². The highest BCUT2D eigenvalue weighted by Gasteiger charge is 2.43. The minimum absolute atomic E-state index is 0.0693. The third kappa shape index (κ3) is 5.46. The van der Waals surface area contributed by atoms with Crippen LogP contribution >= 0.6 is 15.9 Å². The van der Waals surface area contributed by atoms with E-state index in [0.29, 0.717) is 16.5 Å². The van der Waals surface area contributed by atoms with Crippen molar-refractivity contribution in [1.82, 2.24) is 0 Å². The van der Waals surface area contributed by atoms with Crippen LogP contribution in [-0.2, 0) is 9.53 Å². The molecule has 7 heteroatoms. The van der Waals surface area contributed by atoms with Gasteiger partial charge in [-0.05, 0) is 64.7 Å². The molecule has 0 saturated carbocycles. The van der Waals surface area contributed by atoms with Crippen LogP contribution in [-0.4, -0.2) is 17.7 Å². The Morgan fingerprint density at radius 3 is 2.46 bits per heavy atom. The number of hydrogen-bond donors (Lipinski definition) is 1. The number of hydrogen-bond acceptors (Lipinski definition) is 3. The van der Waals surface area contributed by atoms with E-state index in [2.05, 4.69) is 22.5 Å². The number of benzene rings is 3. The van der Waals surface area contributed by atoms with Crippen LogP contribution in [0.25, 0.3) is 0 Å². The molecule has 0 radical (unpaired) electrons. The molecule has 4 atom stereocenters. The summed E-state index contributed by atoms with van der Waals surface area (Å²) in [4.78, 5) is 11.2. The first-order valence-electron chi connectivity index (χ1n) is 11.2. The van der Waals surface area contributed by atoms with E-state index >= 15 is 4.39 Å². The molecule has 3 aromatic rings. The second-order valence-corrected chi connectivity index (χ2v) is 9.55. The van der Waals surface area contributed by atoms with Crippen LogP contribution in [0, 0.1) is 17.6 Å². The topological polar surface area (TPSA) is 55.8 Å². The third-order valence-electron chi connectivity index (χ3n) is 6.29. The normalized spacial score (nSPS) is 21.9. The summed E-state index contributed by atoms with van der Waals surface area (Å²) in [6.07, 6.45) is -0.850. The van der Waals surface area contributed by atoms with E-state index in [1.54, 1.807) is 12.1 Å². The number of aliphatic carboxylic acids is 1. The predicted octanol–water partition coefficient (Wildman–Crippen LogP) is 7.37. The van der Waals surface area contributed by atoms with E-state index in [-0.39, 0.29) is 23.1 Å². The van der Waals surface area contributed by atoms with Crippen molar-refractivity contribution in [2.45, 2.75) is 31.5 Å². The maximum atomic E-state index is 15.4. The van der Waals surface area contributed by atoms with Crippen molar-refractivity contribution in [3.8, 4) is 5.75 Å². The van der Waals surface area contributed by atoms with Gasteiger partial charge in [-0.25, -0.2) is 13.6 Å². The van der Waals surface area contributed by atoms with E-state index in [9.17, 15) is 9.18 Å². The predicted molar refractivity (Wildman–Crippen MR) is 132 cm³/mol. The molecule has 0 aliphatic carbocycles. The first-order chi connectivity index (χ1) is 16.8. The molecule has 0 unspecified atom stereocenters. The molecule has 3 aromatic carbocycles. The lowest BCUT2D eigenvalue weighted by molar-refractivity contribution is -0.139. The Morgan fingerprint density at radius 1 is 1.09 bits per heavy atom. The second-order valence-electron chi connectivity index (χ2n) is 8.69. The summed E-state index contributed by atoms with van der Waals surface area (Å²) in [6, 6.07) is 18.7. The van der Waals surface area contributed by atoms with Crippen LogP contribution < -0.4 is 4.74 Å². The molecule has 35 heavy (non-hydrogen) atoms. The number of ether oxygens (including phenoxy) is 2. The van der Waals surface area contributed by atoms with E-state index in [4.69, 9.17) is 14.6 Å². The van der Waals surface area contributed by atoms with Crippen LogP contribution in [0.3, 0.4) is 0 Å². The van der Waals surface area contributed by atoms with Gasteiger partial charge in [0, 0.05) is 11.8 Å². The lowest BCUT2D eigenvalue weighted by Crippen LogP contribution is -2.32. The zero-order chi connectivity index (χ0) is 25.1. The van der Waals surface area contributed by atoms with Crippen LogP contribution in [0.15, 0.2) is 83.4 Å². The Hall–Kier alpha value is -3.03. The van der Waals surface area contributed by atoms with Gasteiger partial charge < -0.3 is 14.6 Å². The molecule has 182 valence electrons. The Morgan fingerprint density at radius 2 is 1.80 bits per heavy atom. The molecule has 0 spiro atoms. The molecule has 0 bridgehead atoms. The minimum Gasteiger partial charge on any atom is -0.480 e. The van der Waals surface area contributed by atoms with Crippen LogP contribution in [0.5, 0.6) is 5.75 Å². The fourth-order valence-corrected chi connectivity index (χ4v) is 5.16. The van der Waals surface area contributed by atoms with E-state index < -0.39 is 36.4 Å². The monoisotopic (exact) mass is 542 g/mol. The van der Waals surface area contributed by atoms with Crippen molar-refractivity contribution in [2.24, 2.45) is 5.92 Å². The highest BCUT2D eigenvalue weighted by atomic mass is 79.9. The number of halogens is 3. The minimum atomic E-state index is -1.19. The fourth-order valence-electron chi connectivity index (χ4n) is 4.70. The lowest BCUT2D eigenvalue weighted by Gasteiger charge is -2.43. The van der Waals surface area contributed by atoms with Gasteiger partial charge in [-0.2, -0.15) is 0 Å². The molecule has 0 aromatic heterocycles. The van der Waals surface area contributed by atoms with E-state index in [1.165, 1.54) is 24.3 Å². The average Bonchev–Trinajstić information content (AvgIpc) is 2.84. The molecule has 1 N–H and O–H groups in total. The van der Waals surface area contributed by atoms with Crippen molar-refractivity contribution >= 4 is 21.9 Å². The van der Waals surface area contributed by atoms with Gasteiger partial charge in [0.1, 0.15) is 17.4 Å². The smallest absolute Gasteiger partial charge is 0.341 e. The Kier molecular flexibility index (Phi) is 7.67. The van der Waals surface area contributed by atoms with Gasteiger partial charge in [-0.15, -0.1) is 0 Å². The van der Waals surface area contributed by atoms with E-state index in [0.717, 1.165) is 11.1 Å². The summed E-state index contributed by atoms with van der Waals surface area (Å²) in [7, 11) is 0. The van der Waals surface area contributed by atoms with Crippen molar-refractivity contribution < 1.29 is 28.2 Å². The van der Waals surface area contributed by atoms with Crippen LogP contribution in [0.2, 0.25) is 0 Å². The fraction of sp³-hybridized carbons (Fsp3) is 0.250. The molecule has 1 heterocycles. The molecule has 1 aliphatic rings. The SMILES string of the molecule is C=C(C)[C@H]1C[C@H](c2ccccc2)[C@H](c2cccc(F)c2)O[C@@H]1c1c(F)ccc(Br)c1OCC(=O)O. The highest BCUT2D eigenvalue weighted by Crippen LogP contribution is 2.54. The zero-order valence-corrected chi connectivity index (χ0v) is 20.7. The number of rotatable bonds is 7. The van der Waals surface area contributed by atoms with Crippen LogP contribution in [0.4, 0.5) is 8.78 Å². The standard InChI is InChI=1S/C28H25BrF2O4/c1-16(2)20-14-21(17-7-4-3-5-8-17)26(18-9-6-10-19(30)13-18)35-27(20)25-23(31)12-11-22(29)28(25)34-15-24(32)33/h3-13,20-21,26-27H,1,14-15H2,2H3,(H,32,33)/t20-,21-,26+,27+/m1/s1. The molecular formula is C28H25BrF2O4. The van der Waals surface area contributed by atoms with Gasteiger partial charge in [0.05, 0.1) is 22.2 Å². The molecule has 1 fully saturated rings. The first kappa shape index (κ1) is 25.1. The molecule has 1 aliphatic heterocycles. The second kappa shape index (κ2) is 10.7. The van der Waals surface area contributed by atoms with Crippen molar-refractivity contribution in [1.29, 1.82) is 0 Å². The summed E-state index contributed by atoms with van der Waals surface area (Å²) < 4.78 is 42.1. The average molecular weight is 543 g/mol. The van der Waals surface area contributed by atoms with Crippen LogP contribution in [0.1, 0.15) is 48.2 Å². The zero-order valence-electron chi connectivity index (χ0n) is 19.1. The Labute approximate surface area is 211 Å². The van der Waals surface area contributed by atoms with Gasteiger partial charge >= 0.3 is 5.97 Å². The maximum Gasteiger partial charge on any atom is 0.341 e. The van der Waals surface area contributed by atoms with Gasteiger partial charge in [-0.3, -0.25) is 0 Å². The van der Waals surface area contributed by atoms with E-state index in [1.807, 2.05) is 37.3 Å². The quantitative estimate of drug-likeness (QED) is 0.316. The largest absolute Gasteiger partial charge is 0.480 e. The number of carbonyl (C=O) groups is 1. The van der Waals surface area contributed by atoms with Gasteiger partial charge in [-0.1, -0.05) is 54.6 Å². The van der Waals surface area contributed by atoms with Crippen molar-refractivity contribution in [3.05, 3.63) is 112 Å². The molecule has 4 nitrogen and oxygen atoms in total. The lowest BCUT2D eigenvalue weighted by atomic mass is 9.74. The summed E-state index contributed by atoms with van der Waals surface area (Å²) in [5.41, 5.74) is 2.55. The van der Waals surface area contributed by atoms with Crippen molar-refractivity contribution in [3.63, 3.8) is 0 Å². The molecule has 0 amide bonds. The Balaban J connectivity index is 1.85. The van der Waals surface area contributed by atoms with Gasteiger partial charge in [0.15, 0.2) is 6.61 Å². The highest BCUT2D eigenvalue weighted by molar-refractivity contribution is 9.10. The first-order valence-corrected chi connectivity index (χ1v) is 12.0. The van der Waals surface area contributed by atoms with Gasteiger partial charge in [0.2, 0.25) is 0 Å². The number of carboxylic acid groups (broad SMARTS) is 1. The molecular weight excluding hydrogens is 518 g/mol. The molecule has 4 rings (SSSR count). The summed E-state index contributed by atoms with van der Waals surface area (Å²) in [5.74, 6) is -2.54. The summed E-state index contributed by atoms with van der Waals surface area (Å²) >= 11 is 3.36. The maximum absolute atomic E-state index is 15.4. The summed E-state index contributed by atoms with van der Waals surface area (Å²) in [5, 5.41) is 9.14. The third-order valence-corrected chi connectivity index (χ3v) is 6.91. The molecule has 1 saturated heterocycles.